The zero-order chi connectivity index (χ0) is 18.8. The molecule has 0 aromatic heterocycles. The highest BCUT2D eigenvalue weighted by molar-refractivity contribution is 5.95. The van der Waals surface area contributed by atoms with Gasteiger partial charge in [-0.1, -0.05) is 32.0 Å². The maximum absolute atomic E-state index is 12.0. The SMILES string of the molecule is CC(C)CCOc1ccc(C(=O)NNC(=O)COc2ccccc2)cc1. The lowest BCUT2D eigenvalue weighted by molar-refractivity contribution is -0.123. The Kier molecular flexibility index (Phi) is 7.49. The summed E-state index contributed by atoms with van der Waals surface area (Å²) < 4.78 is 10.9. The average Bonchev–Trinajstić information content (AvgIpc) is 2.65. The van der Waals surface area contributed by atoms with Crippen LogP contribution in [0.1, 0.15) is 30.6 Å². The molecule has 0 aliphatic carbocycles. The summed E-state index contributed by atoms with van der Waals surface area (Å²) in [6.07, 6.45) is 0.972. The van der Waals surface area contributed by atoms with Gasteiger partial charge in [-0.2, -0.15) is 0 Å². The largest absolute Gasteiger partial charge is 0.494 e. The maximum Gasteiger partial charge on any atom is 0.276 e. The van der Waals surface area contributed by atoms with E-state index in [1.165, 1.54) is 0 Å². The molecular weight excluding hydrogens is 332 g/mol. The van der Waals surface area contributed by atoms with Gasteiger partial charge >= 0.3 is 0 Å². The zero-order valence-electron chi connectivity index (χ0n) is 15.0. The third kappa shape index (κ3) is 6.84. The van der Waals surface area contributed by atoms with Crippen LogP contribution in [-0.2, 0) is 4.79 Å². The second-order valence-electron chi connectivity index (χ2n) is 6.16. The number of nitrogens with one attached hydrogen (secondary N) is 2. The highest BCUT2D eigenvalue weighted by atomic mass is 16.5. The zero-order valence-corrected chi connectivity index (χ0v) is 15.0. The van der Waals surface area contributed by atoms with Crippen molar-refractivity contribution in [2.24, 2.45) is 5.92 Å². The van der Waals surface area contributed by atoms with Crippen molar-refractivity contribution in [1.82, 2.24) is 10.9 Å². The Hall–Kier alpha value is -3.02. The second-order valence-corrected chi connectivity index (χ2v) is 6.16. The first kappa shape index (κ1) is 19.3. The lowest BCUT2D eigenvalue weighted by atomic mass is 10.1. The van der Waals surface area contributed by atoms with Crippen LogP contribution in [0.2, 0.25) is 0 Å². The molecular formula is C20H24N2O4. The maximum atomic E-state index is 12.0. The van der Waals surface area contributed by atoms with Gasteiger partial charge in [0.15, 0.2) is 6.61 Å². The molecule has 0 saturated heterocycles. The minimum absolute atomic E-state index is 0.188. The third-order valence-electron chi connectivity index (χ3n) is 3.51. The van der Waals surface area contributed by atoms with Crippen LogP contribution in [0.4, 0.5) is 0 Å². The minimum atomic E-state index is -0.448. The van der Waals surface area contributed by atoms with E-state index < -0.39 is 11.8 Å². The molecule has 0 fully saturated rings. The number of carbonyl (C=O) groups is 2. The first-order valence-electron chi connectivity index (χ1n) is 8.54. The number of hydrazine groups is 1. The number of rotatable bonds is 8. The van der Waals surface area contributed by atoms with Crippen molar-refractivity contribution in [2.75, 3.05) is 13.2 Å². The van der Waals surface area contributed by atoms with Crippen molar-refractivity contribution in [2.45, 2.75) is 20.3 Å². The van der Waals surface area contributed by atoms with E-state index >= 15 is 0 Å². The van der Waals surface area contributed by atoms with Gasteiger partial charge in [0.25, 0.3) is 11.8 Å². The van der Waals surface area contributed by atoms with Gasteiger partial charge in [-0.05, 0) is 48.7 Å². The predicted molar refractivity (Wildman–Crippen MR) is 98.9 cm³/mol. The first-order valence-corrected chi connectivity index (χ1v) is 8.54. The fourth-order valence-corrected chi connectivity index (χ4v) is 2.02. The molecule has 0 saturated carbocycles. The Labute approximate surface area is 153 Å². The van der Waals surface area contributed by atoms with Gasteiger partial charge < -0.3 is 9.47 Å². The molecule has 2 aromatic carbocycles. The van der Waals surface area contributed by atoms with E-state index in [4.69, 9.17) is 9.47 Å². The molecule has 2 amide bonds. The fourth-order valence-electron chi connectivity index (χ4n) is 2.02. The lowest BCUT2D eigenvalue weighted by Crippen LogP contribution is -2.43. The molecule has 0 spiro atoms. The molecule has 2 aromatic rings. The number of ether oxygens (including phenoxy) is 2. The summed E-state index contributed by atoms with van der Waals surface area (Å²) >= 11 is 0. The Morgan fingerprint density at radius 3 is 2.19 bits per heavy atom. The number of hydrogen-bond acceptors (Lipinski definition) is 4. The molecule has 0 bridgehead atoms. The predicted octanol–water partition coefficient (Wildman–Crippen LogP) is 2.95. The van der Waals surface area contributed by atoms with Crippen molar-refractivity contribution >= 4 is 11.8 Å². The first-order chi connectivity index (χ1) is 12.5. The molecule has 2 rings (SSSR count). The molecule has 0 radical (unpaired) electrons. The van der Waals surface area contributed by atoms with Crippen LogP contribution in [0.5, 0.6) is 11.5 Å². The highest BCUT2D eigenvalue weighted by Gasteiger charge is 2.08. The van der Waals surface area contributed by atoms with Crippen LogP contribution in [0.3, 0.4) is 0 Å². The smallest absolute Gasteiger partial charge is 0.276 e. The molecule has 6 nitrogen and oxygen atoms in total. The number of para-hydroxylation sites is 1. The van der Waals surface area contributed by atoms with E-state index in [0.29, 0.717) is 29.6 Å². The third-order valence-corrected chi connectivity index (χ3v) is 3.51. The standard InChI is InChI=1S/C20H24N2O4/c1-15(2)12-13-25-18-10-8-16(9-11-18)20(24)22-21-19(23)14-26-17-6-4-3-5-7-17/h3-11,15H,12-14H2,1-2H3,(H,21,23)(H,22,24). The van der Waals surface area contributed by atoms with E-state index in [0.717, 1.165) is 6.42 Å². The van der Waals surface area contributed by atoms with Crippen LogP contribution in [-0.4, -0.2) is 25.0 Å². The summed E-state index contributed by atoms with van der Waals surface area (Å²) in [5, 5.41) is 0. The van der Waals surface area contributed by atoms with E-state index in [1.807, 2.05) is 18.2 Å². The Morgan fingerprint density at radius 2 is 1.54 bits per heavy atom. The van der Waals surface area contributed by atoms with Gasteiger partial charge in [0.2, 0.25) is 0 Å². The second kappa shape index (κ2) is 10.1. The van der Waals surface area contributed by atoms with Crippen LogP contribution in [0.15, 0.2) is 54.6 Å². The highest BCUT2D eigenvalue weighted by Crippen LogP contribution is 2.13. The van der Waals surface area contributed by atoms with Gasteiger partial charge in [0.1, 0.15) is 11.5 Å². The molecule has 0 atom stereocenters. The Balaban J connectivity index is 1.72. The van der Waals surface area contributed by atoms with Crippen molar-refractivity contribution < 1.29 is 19.1 Å². The van der Waals surface area contributed by atoms with Gasteiger partial charge in [-0.15, -0.1) is 0 Å². The van der Waals surface area contributed by atoms with Gasteiger partial charge in [-0.25, -0.2) is 0 Å². The molecule has 0 unspecified atom stereocenters. The quantitative estimate of drug-likeness (QED) is 0.713. The Bertz CT molecular complexity index is 700. The lowest BCUT2D eigenvalue weighted by Gasteiger charge is -2.10. The molecule has 6 heteroatoms. The van der Waals surface area contributed by atoms with Gasteiger partial charge in [0.05, 0.1) is 6.61 Å². The topological polar surface area (TPSA) is 76.7 Å². The summed E-state index contributed by atoms with van der Waals surface area (Å²) in [6, 6.07) is 15.7. The molecule has 26 heavy (non-hydrogen) atoms. The Morgan fingerprint density at radius 1 is 0.885 bits per heavy atom. The van der Waals surface area contributed by atoms with Crippen LogP contribution >= 0.6 is 0 Å². The monoisotopic (exact) mass is 356 g/mol. The number of benzene rings is 2. The van der Waals surface area contributed by atoms with Crippen molar-refractivity contribution in [3.8, 4) is 11.5 Å². The normalized spacial score (nSPS) is 10.3. The van der Waals surface area contributed by atoms with E-state index in [9.17, 15) is 9.59 Å². The van der Waals surface area contributed by atoms with Crippen molar-refractivity contribution in [3.05, 3.63) is 60.2 Å². The summed E-state index contributed by atoms with van der Waals surface area (Å²) in [6.45, 7) is 4.72. The van der Waals surface area contributed by atoms with Crippen molar-refractivity contribution in [1.29, 1.82) is 0 Å². The van der Waals surface area contributed by atoms with Crippen molar-refractivity contribution in [3.63, 3.8) is 0 Å². The molecule has 0 aliphatic heterocycles. The average molecular weight is 356 g/mol. The number of amides is 2. The van der Waals surface area contributed by atoms with E-state index in [-0.39, 0.29) is 6.61 Å². The molecule has 138 valence electrons. The minimum Gasteiger partial charge on any atom is -0.494 e. The summed E-state index contributed by atoms with van der Waals surface area (Å²) in [4.78, 5) is 23.7. The number of carbonyl (C=O) groups excluding carboxylic acids is 2. The van der Waals surface area contributed by atoms with E-state index in [1.54, 1.807) is 36.4 Å². The van der Waals surface area contributed by atoms with Gasteiger partial charge in [-0.3, -0.25) is 20.4 Å². The fraction of sp³-hybridized carbons (Fsp3) is 0.300. The summed E-state index contributed by atoms with van der Waals surface area (Å²) in [7, 11) is 0. The molecule has 0 aliphatic rings. The molecule has 0 heterocycles. The summed E-state index contributed by atoms with van der Waals surface area (Å²) in [5.41, 5.74) is 5.09. The summed E-state index contributed by atoms with van der Waals surface area (Å²) in [5.74, 6) is 1.02. The van der Waals surface area contributed by atoms with Crippen LogP contribution in [0, 0.1) is 5.92 Å². The number of hydrogen-bond donors (Lipinski definition) is 2. The van der Waals surface area contributed by atoms with E-state index in [2.05, 4.69) is 24.7 Å². The molecule has 2 N–H and O–H groups in total. The van der Waals surface area contributed by atoms with Gasteiger partial charge in [0, 0.05) is 5.56 Å². The van der Waals surface area contributed by atoms with Crippen LogP contribution in [0.25, 0.3) is 0 Å². The van der Waals surface area contributed by atoms with Crippen LogP contribution < -0.4 is 20.3 Å².